The summed E-state index contributed by atoms with van der Waals surface area (Å²) in [4.78, 5) is 0. The minimum Gasteiger partial charge on any atom is -0.491 e. The van der Waals surface area contributed by atoms with E-state index in [1.54, 1.807) is 13.8 Å². The largest absolute Gasteiger partial charge is 0.491 e. The van der Waals surface area contributed by atoms with Crippen molar-refractivity contribution in [2.75, 3.05) is 13.2 Å². The lowest BCUT2D eigenvalue weighted by Crippen LogP contribution is -2.29. The van der Waals surface area contributed by atoms with Crippen LogP contribution in [0.5, 0.6) is 11.5 Å². The zero-order chi connectivity index (χ0) is 29.3. The fourth-order valence-corrected chi connectivity index (χ4v) is 6.17. The van der Waals surface area contributed by atoms with Crippen molar-refractivity contribution in [3.8, 4) is 22.6 Å². The van der Waals surface area contributed by atoms with E-state index in [9.17, 15) is 10.2 Å². The van der Waals surface area contributed by atoms with Crippen LogP contribution in [0.4, 0.5) is 0 Å². The van der Waals surface area contributed by atoms with Gasteiger partial charge in [0.25, 0.3) is 0 Å². The lowest BCUT2D eigenvalue weighted by atomic mass is 9.66. The third kappa shape index (κ3) is 5.27. The third-order valence-electron chi connectivity index (χ3n) is 8.04. The van der Waals surface area contributed by atoms with Gasteiger partial charge in [-0.2, -0.15) is 0 Å². The van der Waals surface area contributed by atoms with Gasteiger partial charge in [-0.25, -0.2) is 0 Å². The standard InChI is InChI=1S/C37H42O4/c1-23(2)31-19-27(15-17-35(31)40-21-25(5)38)37(28-16-18-36(41-22-26(6)39)32(20-28)24(3)4)33-13-9-7-11-29(33)30-12-8-10-14-34(30)37/h7-20,23-26,38-39H,21-22H2,1-6H3. The van der Waals surface area contributed by atoms with Crippen LogP contribution in [0.15, 0.2) is 84.9 Å². The second kappa shape index (κ2) is 11.7. The topological polar surface area (TPSA) is 58.9 Å². The first-order valence-corrected chi connectivity index (χ1v) is 14.7. The van der Waals surface area contributed by atoms with Gasteiger partial charge in [-0.05, 0) is 82.3 Å². The molecule has 0 bridgehead atoms. The van der Waals surface area contributed by atoms with Gasteiger partial charge >= 0.3 is 0 Å². The van der Waals surface area contributed by atoms with E-state index in [1.165, 1.54) is 33.4 Å². The van der Waals surface area contributed by atoms with Crippen LogP contribution in [0, 0.1) is 0 Å². The number of aliphatic hydroxyl groups excluding tert-OH is 2. The van der Waals surface area contributed by atoms with E-state index in [2.05, 4.69) is 113 Å². The number of benzene rings is 4. The van der Waals surface area contributed by atoms with Crippen molar-refractivity contribution in [1.82, 2.24) is 0 Å². The molecule has 4 aromatic rings. The Balaban J connectivity index is 1.81. The lowest BCUT2D eigenvalue weighted by Gasteiger charge is -2.35. The van der Waals surface area contributed by atoms with Gasteiger partial charge in [0.05, 0.1) is 17.6 Å². The van der Waals surface area contributed by atoms with Gasteiger partial charge in [0.15, 0.2) is 0 Å². The molecular formula is C37H42O4. The van der Waals surface area contributed by atoms with Crippen LogP contribution in [0.3, 0.4) is 0 Å². The normalized spacial score (nSPS) is 15.0. The Morgan fingerprint density at radius 2 is 0.951 bits per heavy atom. The van der Waals surface area contributed by atoms with Gasteiger partial charge in [0.2, 0.25) is 0 Å². The molecule has 214 valence electrons. The number of aliphatic hydroxyl groups is 2. The third-order valence-corrected chi connectivity index (χ3v) is 8.04. The van der Waals surface area contributed by atoms with Crippen molar-refractivity contribution in [3.05, 3.63) is 118 Å². The molecule has 2 atom stereocenters. The van der Waals surface area contributed by atoms with Crippen LogP contribution >= 0.6 is 0 Å². The Hall–Kier alpha value is -3.60. The Morgan fingerprint density at radius 3 is 1.32 bits per heavy atom. The maximum Gasteiger partial charge on any atom is 0.122 e. The zero-order valence-electron chi connectivity index (χ0n) is 25.0. The summed E-state index contributed by atoms with van der Waals surface area (Å²) in [6.07, 6.45) is -1.09. The molecule has 2 unspecified atom stereocenters. The highest BCUT2D eigenvalue weighted by atomic mass is 16.5. The summed E-state index contributed by atoms with van der Waals surface area (Å²) in [5, 5.41) is 19.8. The van der Waals surface area contributed by atoms with Crippen LogP contribution < -0.4 is 9.47 Å². The predicted molar refractivity (Wildman–Crippen MR) is 166 cm³/mol. The molecular weight excluding hydrogens is 508 g/mol. The van der Waals surface area contributed by atoms with E-state index >= 15 is 0 Å². The van der Waals surface area contributed by atoms with Gasteiger partial charge in [0.1, 0.15) is 24.7 Å². The van der Waals surface area contributed by atoms with Crippen LogP contribution in [-0.4, -0.2) is 35.6 Å². The maximum absolute atomic E-state index is 9.89. The quantitative estimate of drug-likeness (QED) is 0.186. The van der Waals surface area contributed by atoms with Gasteiger partial charge in [-0.15, -0.1) is 0 Å². The molecule has 0 amide bonds. The lowest BCUT2D eigenvalue weighted by molar-refractivity contribution is 0.122. The highest BCUT2D eigenvalue weighted by Crippen LogP contribution is 2.57. The minimum atomic E-state index is -0.550. The van der Waals surface area contributed by atoms with E-state index in [0.717, 1.165) is 22.6 Å². The molecule has 0 spiro atoms. The first-order chi connectivity index (χ1) is 19.6. The summed E-state index contributed by atoms with van der Waals surface area (Å²) < 4.78 is 12.2. The highest BCUT2D eigenvalue weighted by Gasteiger charge is 2.46. The van der Waals surface area contributed by atoms with Crippen LogP contribution in [0.1, 0.15) is 86.8 Å². The molecule has 0 aromatic heterocycles. The number of ether oxygens (including phenoxy) is 2. The summed E-state index contributed by atoms with van der Waals surface area (Å²) in [5.41, 5.74) is 9.02. The maximum atomic E-state index is 9.89. The summed E-state index contributed by atoms with van der Waals surface area (Å²) in [6, 6.07) is 30.6. The van der Waals surface area contributed by atoms with Gasteiger partial charge < -0.3 is 19.7 Å². The molecule has 41 heavy (non-hydrogen) atoms. The van der Waals surface area contributed by atoms with Gasteiger partial charge in [-0.1, -0.05) is 100 Å². The molecule has 5 rings (SSSR count). The molecule has 4 heteroatoms. The average molecular weight is 551 g/mol. The second-order valence-corrected chi connectivity index (χ2v) is 12.0. The predicted octanol–water partition coefficient (Wildman–Crippen LogP) is 7.82. The molecule has 0 heterocycles. The fourth-order valence-electron chi connectivity index (χ4n) is 6.17. The average Bonchev–Trinajstić information content (AvgIpc) is 3.26. The number of rotatable bonds is 10. The molecule has 1 aliphatic rings. The molecule has 4 aromatic carbocycles. The van der Waals surface area contributed by atoms with Gasteiger partial charge in [0, 0.05) is 0 Å². The molecule has 2 N–H and O–H groups in total. The Morgan fingerprint density at radius 1 is 0.561 bits per heavy atom. The summed E-state index contributed by atoms with van der Waals surface area (Å²) in [7, 11) is 0. The van der Waals surface area contributed by atoms with Crippen molar-refractivity contribution in [2.24, 2.45) is 0 Å². The van der Waals surface area contributed by atoms with E-state index in [-0.39, 0.29) is 25.0 Å². The van der Waals surface area contributed by atoms with Crippen molar-refractivity contribution in [2.45, 2.75) is 71.0 Å². The molecule has 0 radical (unpaired) electrons. The van der Waals surface area contributed by atoms with Crippen LogP contribution in [-0.2, 0) is 5.41 Å². The van der Waals surface area contributed by atoms with E-state index < -0.39 is 17.6 Å². The number of fused-ring (bicyclic) bond motifs is 3. The monoisotopic (exact) mass is 550 g/mol. The van der Waals surface area contributed by atoms with E-state index in [4.69, 9.17) is 9.47 Å². The summed E-state index contributed by atoms with van der Waals surface area (Å²) in [5.74, 6) is 2.07. The van der Waals surface area contributed by atoms with Crippen molar-refractivity contribution < 1.29 is 19.7 Å². The summed E-state index contributed by atoms with van der Waals surface area (Å²) >= 11 is 0. The van der Waals surface area contributed by atoms with E-state index in [0.29, 0.717) is 0 Å². The van der Waals surface area contributed by atoms with Crippen LogP contribution in [0.25, 0.3) is 11.1 Å². The molecule has 0 saturated heterocycles. The molecule has 0 aliphatic heterocycles. The fraction of sp³-hybridized carbons (Fsp3) is 0.351. The SMILES string of the molecule is CC(O)COc1ccc(C2(c3ccc(OCC(C)O)c(C(C)C)c3)c3ccccc3-c3ccccc32)cc1C(C)C. The number of hydrogen-bond acceptors (Lipinski definition) is 4. The first kappa shape index (κ1) is 28.9. The van der Waals surface area contributed by atoms with E-state index in [1.807, 2.05) is 0 Å². The minimum absolute atomic E-state index is 0.227. The molecule has 0 saturated carbocycles. The molecule has 4 nitrogen and oxygen atoms in total. The Labute approximate surface area is 244 Å². The Bertz CT molecular complexity index is 1400. The van der Waals surface area contributed by atoms with Gasteiger partial charge in [-0.3, -0.25) is 0 Å². The van der Waals surface area contributed by atoms with Crippen molar-refractivity contribution in [3.63, 3.8) is 0 Å². The smallest absolute Gasteiger partial charge is 0.122 e. The Kier molecular flexibility index (Phi) is 8.26. The highest BCUT2D eigenvalue weighted by molar-refractivity contribution is 5.86. The van der Waals surface area contributed by atoms with Crippen molar-refractivity contribution in [1.29, 1.82) is 0 Å². The summed E-state index contributed by atoms with van der Waals surface area (Å²) in [6.45, 7) is 12.7. The molecule has 1 aliphatic carbocycles. The molecule has 0 fully saturated rings. The number of hydrogen-bond donors (Lipinski definition) is 2. The second-order valence-electron chi connectivity index (χ2n) is 12.0. The van der Waals surface area contributed by atoms with Crippen LogP contribution in [0.2, 0.25) is 0 Å². The zero-order valence-corrected chi connectivity index (χ0v) is 25.0. The first-order valence-electron chi connectivity index (χ1n) is 14.7. The van der Waals surface area contributed by atoms with Crippen molar-refractivity contribution >= 4 is 0 Å².